The van der Waals surface area contributed by atoms with E-state index in [2.05, 4.69) is 59.3 Å². The van der Waals surface area contributed by atoms with Crippen molar-refractivity contribution >= 4 is 21.8 Å². The van der Waals surface area contributed by atoms with Crippen LogP contribution in [0.15, 0.2) is 50.6 Å². The third-order valence-electron chi connectivity index (χ3n) is 4.68. The Bertz CT molecular complexity index is 923. The molecule has 0 radical (unpaired) electrons. The molecule has 0 aliphatic carbocycles. The van der Waals surface area contributed by atoms with Crippen LogP contribution in [0.4, 0.5) is 5.69 Å². The summed E-state index contributed by atoms with van der Waals surface area (Å²) < 4.78 is 16.8. The Morgan fingerprint density at radius 1 is 1.07 bits per heavy atom. The summed E-state index contributed by atoms with van der Waals surface area (Å²) in [6.07, 6.45) is 4.43. The average molecular weight is 386 g/mol. The van der Waals surface area contributed by atoms with E-state index >= 15 is 0 Å². The molecule has 0 bridgehead atoms. The first-order chi connectivity index (χ1) is 12.8. The molecule has 0 aliphatic heterocycles. The molecule has 0 amide bonds. The Hall–Kier alpha value is -2.14. The van der Waals surface area contributed by atoms with Gasteiger partial charge in [0.1, 0.15) is 0 Å². The molecule has 5 heteroatoms. The summed E-state index contributed by atoms with van der Waals surface area (Å²) in [5.74, 6) is 0. The van der Waals surface area contributed by atoms with Gasteiger partial charge in [0.05, 0.1) is 21.8 Å². The van der Waals surface area contributed by atoms with Crippen molar-refractivity contribution in [2.45, 2.75) is 39.0 Å². The first kappa shape index (κ1) is 21.2. The van der Waals surface area contributed by atoms with Crippen molar-refractivity contribution in [2.24, 2.45) is 9.36 Å². The Balaban J connectivity index is 2.23. The summed E-state index contributed by atoms with van der Waals surface area (Å²) in [7, 11) is -0.261. The van der Waals surface area contributed by atoms with Gasteiger partial charge in [-0.2, -0.15) is 0 Å². The molecule has 2 rings (SSSR count). The fraction of sp³-hybridized carbons (Fsp3) is 0.409. The smallest absolute Gasteiger partial charge is 0.0909 e. The van der Waals surface area contributed by atoms with Gasteiger partial charge in [-0.1, -0.05) is 18.2 Å². The maximum atomic E-state index is 12.5. The monoisotopic (exact) mass is 385 g/mol. The lowest BCUT2D eigenvalue weighted by molar-refractivity contribution is 0.552. The average Bonchev–Trinajstić information content (AvgIpc) is 2.63. The SMILES string of the molecule is CCN=S(C)(=O)c1ccc(Cc2cc(C)c(/N=C/N(C)CC)cc2C)cc1. The number of hydrogen-bond acceptors (Lipinski definition) is 3. The Morgan fingerprint density at radius 3 is 2.33 bits per heavy atom. The van der Waals surface area contributed by atoms with Crippen molar-refractivity contribution in [1.82, 2.24) is 4.90 Å². The molecule has 1 unspecified atom stereocenters. The molecule has 0 spiro atoms. The van der Waals surface area contributed by atoms with E-state index in [4.69, 9.17) is 0 Å². The molecule has 0 heterocycles. The molecule has 0 fully saturated rings. The van der Waals surface area contributed by atoms with E-state index < -0.39 is 9.73 Å². The van der Waals surface area contributed by atoms with Crippen LogP contribution in [-0.4, -0.2) is 41.8 Å². The van der Waals surface area contributed by atoms with Gasteiger partial charge in [-0.15, -0.1) is 0 Å². The van der Waals surface area contributed by atoms with Gasteiger partial charge in [0.2, 0.25) is 0 Å². The predicted octanol–water partition coefficient (Wildman–Crippen LogP) is 4.98. The van der Waals surface area contributed by atoms with Gasteiger partial charge in [-0.25, -0.2) is 13.6 Å². The third kappa shape index (κ3) is 5.67. The highest BCUT2D eigenvalue weighted by Crippen LogP contribution is 2.25. The van der Waals surface area contributed by atoms with Crippen molar-refractivity contribution in [2.75, 3.05) is 26.4 Å². The topological polar surface area (TPSA) is 45.0 Å². The number of aliphatic imine (C=N–C) groups is 1. The van der Waals surface area contributed by atoms with Crippen LogP contribution in [0.3, 0.4) is 0 Å². The van der Waals surface area contributed by atoms with Crippen molar-refractivity contribution in [1.29, 1.82) is 0 Å². The van der Waals surface area contributed by atoms with E-state index in [1.807, 2.05) is 32.4 Å². The zero-order valence-electron chi connectivity index (χ0n) is 17.3. The van der Waals surface area contributed by atoms with Crippen molar-refractivity contribution in [3.8, 4) is 0 Å². The highest BCUT2D eigenvalue weighted by atomic mass is 32.2. The number of rotatable bonds is 7. The minimum absolute atomic E-state index is 0.568. The summed E-state index contributed by atoms with van der Waals surface area (Å²) >= 11 is 0. The molecule has 2 aromatic carbocycles. The summed E-state index contributed by atoms with van der Waals surface area (Å²) in [5, 5.41) is 0. The minimum atomic E-state index is -2.28. The van der Waals surface area contributed by atoms with Crippen molar-refractivity contribution in [3.63, 3.8) is 0 Å². The molecular formula is C22H31N3OS. The van der Waals surface area contributed by atoms with E-state index in [9.17, 15) is 4.21 Å². The molecule has 0 N–H and O–H groups in total. The summed E-state index contributed by atoms with van der Waals surface area (Å²) in [5.41, 5.74) is 5.91. The Morgan fingerprint density at radius 2 is 1.74 bits per heavy atom. The normalized spacial score (nSPS) is 13.6. The molecule has 4 nitrogen and oxygen atoms in total. The van der Waals surface area contributed by atoms with E-state index in [0.717, 1.165) is 23.5 Å². The van der Waals surface area contributed by atoms with E-state index in [0.29, 0.717) is 6.54 Å². The maximum Gasteiger partial charge on any atom is 0.0909 e. The van der Waals surface area contributed by atoms with Gasteiger partial charge in [0.25, 0.3) is 0 Å². The summed E-state index contributed by atoms with van der Waals surface area (Å²) in [4.78, 5) is 7.45. The highest BCUT2D eigenvalue weighted by molar-refractivity contribution is 7.93. The molecule has 27 heavy (non-hydrogen) atoms. The molecule has 0 aromatic heterocycles. The van der Waals surface area contributed by atoms with Gasteiger partial charge >= 0.3 is 0 Å². The van der Waals surface area contributed by atoms with Crippen LogP contribution in [0.2, 0.25) is 0 Å². The van der Waals surface area contributed by atoms with E-state index in [1.165, 1.54) is 22.3 Å². The molecule has 0 aliphatic rings. The maximum absolute atomic E-state index is 12.5. The highest BCUT2D eigenvalue weighted by Gasteiger charge is 2.08. The zero-order valence-corrected chi connectivity index (χ0v) is 18.1. The van der Waals surface area contributed by atoms with Crippen molar-refractivity contribution in [3.05, 3.63) is 58.7 Å². The Kier molecular flexibility index (Phi) is 7.19. The number of nitrogens with zero attached hydrogens (tertiary/aromatic N) is 3. The van der Waals surface area contributed by atoms with Gasteiger partial charge < -0.3 is 4.90 Å². The van der Waals surface area contributed by atoms with Crippen LogP contribution >= 0.6 is 0 Å². The molecule has 146 valence electrons. The van der Waals surface area contributed by atoms with Gasteiger partial charge in [-0.05, 0) is 74.6 Å². The van der Waals surface area contributed by atoms with E-state index in [1.54, 1.807) is 6.26 Å². The fourth-order valence-electron chi connectivity index (χ4n) is 2.83. The van der Waals surface area contributed by atoms with Gasteiger partial charge in [0, 0.05) is 31.3 Å². The lowest BCUT2D eigenvalue weighted by Gasteiger charge is -2.12. The number of hydrogen-bond donors (Lipinski definition) is 0. The Labute approximate surface area is 164 Å². The molecular weight excluding hydrogens is 354 g/mol. The quantitative estimate of drug-likeness (QED) is 0.498. The third-order valence-corrected chi connectivity index (χ3v) is 6.58. The molecule has 0 saturated carbocycles. The lowest BCUT2D eigenvalue weighted by atomic mass is 9.97. The zero-order chi connectivity index (χ0) is 20.0. The van der Waals surface area contributed by atoms with Crippen LogP contribution in [0.25, 0.3) is 0 Å². The number of benzene rings is 2. The van der Waals surface area contributed by atoms with Gasteiger partial charge in [-0.3, -0.25) is 0 Å². The second-order valence-electron chi connectivity index (χ2n) is 6.95. The summed E-state index contributed by atoms with van der Waals surface area (Å²) in [6, 6.07) is 12.4. The van der Waals surface area contributed by atoms with Crippen LogP contribution in [0.1, 0.15) is 36.1 Å². The fourth-order valence-corrected chi connectivity index (χ4v) is 4.12. The molecule has 1 atom stereocenters. The second kappa shape index (κ2) is 9.18. The standard InChI is InChI=1S/C22H31N3OS/c1-7-24-27(6,26)21-11-9-19(10-12-21)15-20-13-18(4)22(14-17(20)3)23-16-25(5)8-2/h9-14,16H,7-8,15H2,1-6H3/b23-16+. The van der Waals surface area contributed by atoms with Crippen LogP contribution in [-0.2, 0) is 16.1 Å². The van der Waals surface area contributed by atoms with E-state index in [-0.39, 0.29) is 0 Å². The predicted molar refractivity (Wildman–Crippen MR) is 117 cm³/mol. The molecule has 2 aromatic rings. The van der Waals surface area contributed by atoms with Crippen molar-refractivity contribution < 1.29 is 4.21 Å². The van der Waals surface area contributed by atoms with Crippen LogP contribution in [0, 0.1) is 13.8 Å². The largest absolute Gasteiger partial charge is 0.366 e. The molecule has 0 saturated heterocycles. The lowest BCUT2D eigenvalue weighted by Crippen LogP contribution is -2.14. The van der Waals surface area contributed by atoms with Gasteiger partial charge in [0.15, 0.2) is 0 Å². The first-order valence-corrected chi connectivity index (χ1v) is 11.3. The minimum Gasteiger partial charge on any atom is -0.366 e. The number of aryl methyl sites for hydroxylation is 2. The second-order valence-corrected chi connectivity index (χ2v) is 9.29. The van der Waals surface area contributed by atoms with Crippen LogP contribution in [0.5, 0.6) is 0 Å². The first-order valence-electron chi connectivity index (χ1n) is 9.38. The summed E-state index contributed by atoms with van der Waals surface area (Å²) in [6.45, 7) is 9.75. The van der Waals surface area contributed by atoms with Crippen LogP contribution < -0.4 is 0 Å².